The molecule has 0 atom stereocenters. The quantitative estimate of drug-likeness (QED) is 0.590. The van der Waals surface area contributed by atoms with Crippen LogP contribution < -0.4 is 10.6 Å². The molecule has 1 rings (SSSR count). The van der Waals surface area contributed by atoms with Gasteiger partial charge in [0.2, 0.25) is 0 Å². The Morgan fingerprint density at radius 1 is 0.952 bits per heavy atom. The van der Waals surface area contributed by atoms with Crippen molar-refractivity contribution < 1.29 is 4.74 Å². The largest absolute Gasteiger partial charge is 0.385 e. The minimum Gasteiger partial charge on any atom is -0.385 e. The summed E-state index contributed by atoms with van der Waals surface area (Å²) in [5, 5.41) is 7.64. The van der Waals surface area contributed by atoms with Crippen LogP contribution in [-0.2, 0) is 4.74 Å². The maximum absolute atomic E-state index is 5.41. The van der Waals surface area contributed by atoms with Gasteiger partial charge in [0.25, 0.3) is 0 Å². The van der Waals surface area contributed by atoms with E-state index in [1.807, 2.05) is 0 Å². The fourth-order valence-electron chi connectivity index (χ4n) is 2.96. The van der Waals surface area contributed by atoms with Crippen molar-refractivity contribution in [2.24, 2.45) is 0 Å². The van der Waals surface area contributed by atoms with Crippen molar-refractivity contribution in [2.45, 2.75) is 83.1 Å². The second kappa shape index (κ2) is 13.3. The zero-order valence-corrected chi connectivity index (χ0v) is 14.6. The Bertz CT molecular complexity index is 249. The highest BCUT2D eigenvalue weighted by atomic mass is 32.1. The van der Waals surface area contributed by atoms with Crippen LogP contribution in [0.5, 0.6) is 0 Å². The van der Waals surface area contributed by atoms with Crippen LogP contribution in [0.15, 0.2) is 0 Å². The summed E-state index contributed by atoms with van der Waals surface area (Å²) < 4.78 is 5.05. The third-order valence-electron chi connectivity index (χ3n) is 4.25. The van der Waals surface area contributed by atoms with Crippen molar-refractivity contribution in [3.05, 3.63) is 0 Å². The fourth-order valence-corrected chi connectivity index (χ4v) is 3.23. The summed E-state index contributed by atoms with van der Waals surface area (Å²) in [5.41, 5.74) is 0. The average Bonchev–Trinajstić information content (AvgIpc) is 2.46. The van der Waals surface area contributed by atoms with Crippen LogP contribution in [0.2, 0.25) is 0 Å². The fraction of sp³-hybridized carbons (Fsp3) is 0.941. The summed E-state index contributed by atoms with van der Waals surface area (Å²) >= 11 is 5.41. The van der Waals surface area contributed by atoms with E-state index in [0.29, 0.717) is 6.04 Å². The number of methoxy groups -OCH3 is 1. The van der Waals surface area contributed by atoms with Crippen molar-refractivity contribution in [2.75, 3.05) is 20.3 Å². The van der Waals surface area contributed by atoms with Gasteiger partial charge in [0, 0.05) is 26.3 Å². The van der Waals surface area contributed by atoms with Crippen LogP contribution >= 0.6 is 12.2 Å². The van der Waals surface area contributed by atoms with Crippen molar-refractivity contribution >= 4 is 17.3 Å². The van der Waals surface area contributed by atoms with Crippen LogP contribution in [0, 0.1) is 0 Å². The zero-order valence-electron chi connectivity index (χ0n) is 13.8. The standard InChI is InChI=1S/C17H34N2OS/c1-20-15-11-14-18-17(21)19-16-12-9-7-5-3-2-4-6-8-10-13-16/h16H,2-15H2,1H3,(H2,18,19,21). The second-order valence-electron chi connectivity index (χ2n) is 6.20. The first-order valence-corrected chi connectivity index (χ1v) is 9.27. The number of hydrogen-bond acceptors (Lipinski definition) is 2. The first-order chi connectivity index (χ1) is 10.3. The minimum atomic E-state index is 0.562. The molecule has 3 nitrogen and oxygen atoms in total. The Hall–Kier alpha value is -0.350. The molecule has 21 heavy (non-hydrogen) atoms. The third-order valence-corrected chi connectivity index (χ3v) is 4.51. The Balaban J connectivity index is 2.22. The van der Waals surface area contributed by atoms with Crippen LogP contribution in [0.1, 0.15) is 77.0 Å². The molecule has 4 heteroatoms. The van der Waals surface area contributed by atoms with Crippen LogP contribution in [0.3, 0.4) is 0 Å². The molecule has 0 aliphatic heterocycles. The average molecular weight is 315 g/mol. The molecule has 1 saturated carbocycles. The molecule has 124 valence electrons. The van der Waals surface area contributed by atoms with E-state index < -0.39 is 0 Å². The molecule has 1 aliphatic rings. The normalized spacial score (nSPS) is 19.3. The molecule has 0 radical (unpaired) electrons. The topological polar surface area (TPSA) is 33.3 Å². The Labute approximate surface area is 136 Å². The Kier molecular flexibility index (Phi) is 11.9. The Morgan fingerprint density at radius 3 is 2.00 bits per heavy atom. The van der Waals surface area contributed by atoms with Gasteiger partial charge < -0.3 is 15.4 Å². The first kappa shape index (κ1) is 18.7. The van der Waals surface area contributed by atoms with E-state index in [4.69, 9.17) is 17.0 Å². The number of nitrogens with one attached hydrogen (secondary N) is 2. The summed E-state index contributed by atoms with van der Waals surface area (Å²) in [6.45, 7) is 1.69. The lowest BCUT2D eigenvalue weighted by molar-refractivity contribution is 0.195. The first-order valence-electron chi connectivity index (χ1n) is 8.86. The van der Waals surface area contributed by atoms with E-state index in [2.05, 4.69) is 10.6 Å². The molecule has 0 unspecified atom stereocenters. The van der Waals surface area contributed by atoms with Crippen molar-refractivity contribution in [3.8, 4) is 0 Å². The van der Waals surface area contributed by atoms with Crippen LogP contribution in [0.25, 0.3) is 0 Å². The molecule has 1 fully saturated rings. The van der Waals surface area contributed by atoms with E-state index in [1.54, 1.807) is 7.11 Å². The molecule has 0 spiro atoms. The summed E-state index contributed by atoms with van der Waals surface area (Å²) in [5.74, 6) is 0. The van der Waals surface area contributed by atoms with Gasteiger partial charge >= 0.3 is 0 Å². The van der Waals surface area contributed by atoms with E-state index in [1.165, 1.54) is 70.6 Å². The highest BCUT2D eigenvalue weighted by Gasteiger charge is 2.10. The SMILES string of the molecule is COCCCNC(=S)NC1CCCCCCCCCCC1. The smallest absolute Gasteiger partial charge is 0.166 e. The van der Waals surface area contributed by atoms with Gasteiger partial charge in [-0.2, -0.15) is 0 Å². The lowest BCUT2D eigenvalue weighted by Crippen LogP contribution is -2.42. The molecule has 0 heterocycles. The molecule has 0 bridgehead atoms. The van der Waals surface area contributed by atoms with E-state index >= 15 is 0 Å². The molecule has 1 aliphatic carbocycles. The number of hydrogen-bond donors (Lipinski definition) is 2. The van der Waals surface area contributed by atoms with E-state index in [-0.39, 0.29) is 0 Å². The maximum atomic E-state index is 5.41. The predicted molar refractivity (Wildman–Crippen MR) is 94.8 cm³/mol. The molecule has 0 aromatic heterocycles. The van der Waals surface area contributed by atoms with Crippen LogP contribution in [0.4, 0.5) is 0 Å². The zero-order chi connectivity index (χ0) is 15.2. The summed E-state index contributed by atoms with van der Waals surface area (Å²) in [6.07, 6.45) is 16.1. The molecular weight excluding hydrogens is 280 g/mol. The maximum Gasteiger partial charge on any atom is 0.166 e. The van der Waals surface area contributed by atoms with Crippen molar-refractivity contribution in [3.63, 3.8) is 0 Å². The summed E-state index contributed by atoms with van der Waals surface area (Å²) in [7, 11) is 1.74. The number of thiocarbonyl (C=S) groups is 1. The van der Waals surface area contributed by atoms with Gasteiger partial charge in [-0.3, -0.25) is 0 Å². The van der Waals surface area contributed by atoms with Gasteiger partial charge in [-0.25, -0.2) is 0 Å². The monoisotopic (exact) mass is 314 g/mol. The highest BCUT2D eigenvalue weighted by molar-refractivity contribution is 7.80. The molecule has 0 aromatic carbocycles. The van der Waals surface area contributed by atoms with Crippen molar-refractivity contribution in [1.82, 2.24) is 10.6 Å². The lowest BCUT2D eigenvalue weighted by atomic mass is 9.98. The summed E-state index contributed by atoms with van der Waals surface area (Å²) in [4.78, 5) is 0. The molecule has 0 aromatic rings. The van der Waals surface area contributed by atoms with Gasteiger partial charge in [0.1, 0.15) is 0 Å². The molecule has 0 amide bonds. The van der Waals surface area contributed by atoms with Crippen LogP contribution in [-0.4, -0.2) is 31.4 Å². The molecule has 0 saturated heterocycles. The Morgan fingerprint density at radius 2 is 1.48 bits per heavy atom. The van der Waals surface area contributed by atoms with Gasteiger partial charge in [0.05, 0.1) is 0 Å². The second-order valence-corrected chi connectivity index (χ2v) is 6.61. The van der Waals surface area contributed by atoms with Gasteiger partial charge in [-0.15, -0.1) is 0 Å². The molecular formula is C17H34N2OS. The van der Waals surface area contributed by atoms with E-state index in [9.17, 15) is 0 Å². The summed E-state index contributed by atoms with van der Waals surface area (Å²) in [6, 6.07) is 0.562. The van der Waals surface area contributed by atoms with Gasteiger partial charge in [0.15, 0.2) is 5.11 Å². The lowest BCUT2D eigenvalue weighted by Gasteiger charge is -2.21. The van der Waals surface area contributed by atoms with Gasteiger partial charge in [-0.1, -0.05) is 57.8 Å². The highest BCUT2D eigenvalue weighted by Crippen LogP contribution is 2.16. The van der Waals surface area contributed by atoms with Crippen molar-refractivity contribution in [1.29, 1.82) is 0 Å². The number of ether oxygens (including phenoxy) is 1. The predicted octanol–water partition coefficient (Wildman–Crippen LogP) is 4.16. The number of rotatable bonds is 5. The molecule has 2 N–H and O–H groups in total. The third kappa shape index (κ3) is 10.9. The van der Waals surface area contributed by atoms with Gasteiger partial charge in [-0.05, 0) is 31.5 Å². The van der Waals surface area contributed by atoms with E-state index in [0.717, 1.165) is 24.7 Å². The minimum absolute atomic E-state index is 0.562.